The molecule has 26 heavy (non-hydrogen) atoms. The van der Waals surface area contributed by atoms with Crippen molar-refractivity contribution in [2.45, 2.75) is 26.5 Å². The Labute approximate surface area is 157 Å². The molecule has 0 aliphatic rings. The molecular weight excluding hydrogens is 354 g/mol. The summed E-state index contributed by atoms with van der Waals surface area (Å²) in [5.41, 5.74) is 3.84. The van der Waals surface area contributed by atoms with Gasteiger partial charge < -0.3 is 10.1 Å². The van der Waals surface area contributed by atoms with E-state index in [1.54, 1.807) is 38.1 Å². The van der Waals surface area contributed by atoms with Crippen LogP contribution in [0.5, 0.6) is 5.75 Å². The fraction of sp³-hybridized carbons (Fsp3) is 0.211. The normalized spacial score (nSPS) is 10.8. The van der Waals surface area contributed by atoms with E-state index in [1.807, 2.05) is 24.3 Å². The summed E-state index contributed by atoms with van der Waals surface area (Å²) in [5, 5.41) is 6.97. The van der Waals surface area contributed by atoms with Gasteiger partial charge in [0.05, 0.1) is 6.21 Å². The van der Waals surface area contributed by atoms with E-state index in [2.05, 4.69) is 15.8 Å². The number of para-hydroxylation sites is 1. The molecule has 0 aromatic heterocycles. The zero-order valence-corrected chi connectivity index (χ0v) is 15.3. The second kappa shape index (κ2) is 9.58. The first-order valence-corrected chi connectivity index (χ1v) is 8.43. The minimum absolute atomic E-state index is 0.126. The number of carbonyl (C=O) groups is 2. The van der Waals surface area contributed by atoms with Gasteiger partial charge in [-0.25, -0.2) is 5.43 Å². The van der Waals surface area contributed by atoms with Crippen molar-refractivity contribution in [2.75, 3.05) is 0 Å². The van der Waals surface area contributed by atoms with Gasteiger partial charge in [-0.05, 0) is 43.7 Å². The van der Waals surface area contributed by atoms with Gasteiger partial charge in [0.25, 0.3) is 0 Å². The van der Waals surface area contributed by atoms with Crippen LogP contribution in [-0.4, -0.2) is 24.1 Å². The Kier molecular flexibility index (Phi) is 7.17. The van der Waals surface area contributed by atoms with Crippen LogP contribution in [0, 0.1) is 0 Å². The van der Waals surface area contributed by atoms with E-state index in [4.69, 9.17) is 16.3 Å². The van der Waals surface area contributed by atoms with Crippen LogP contribution in [0.4, 0.5) is 0 Å². The standard InChI is InChI=1S/C19H20ClN3O3/c1-13(2)22-18(24)19(25)23-21-11-15-5-3-4-6-17(15)26-12-14-7-9-16(20)10-8-14/h3-11,13H,12H2,1-2H3,(H,22,24)(H,23,25)/b21-11-. The number of ether oxygens (including phenoxy) is 1. The van der Waals surface area contributed by atoms with Gasteiger partial charge >= 0.3 is 11.8 Å². The molecule has 7 heteroatoms. The predicted octanol–water partition coefficient (Wildman–Crippen LogP) is 2.89. The van der Waals surface area contributed by atoms with Crippen molar-refractivity contribution in [2.24, 2.45) is 5.10 Å². The fourth-order valence-corrected chi connectivity index (χ4v) is 2.13. The van der Waals surface area contributed by atoms with Gasteiger partial charge in [0.15, 0.2) is 0 Å². The lowest BCUT2D eigenvalue weighted by atomic mass is 10.2. The molecule has 0 fully saturated rings. The first-order valence-electron chi connectivity index (χ1n) is 8.06. The Morgan fingerprint density at radius 2 is 1.81 bits per heavy atom. The van der Waals surface area contributed by atoms with Gasteiger partial charge in [0.2, 0.25) is 0 Å². The third-order valence-corrected chi connectivity index (χ3v) is 3.47. The zero-order chi connectivity index (χ0) is 18.9. The minimum Gasteiger partial charge on any atom is -0.488 e. The molecule has 0 aliphatic heterocycles. The zero-order valence-electron chi connectivity index (χ0n) is 14.5. The second-order valence-corrected chi connectivity index (χ2v) is 6.22. The van der Waals surface area contributed by atoms with Gasteiger partial charge in [0, 0.05) is 16.6 Å². The number of nitrogens with zero attached hydrogens (tertiary/aromatic N) is 1. The fourth-order valence-electron chi connectivity index (χ4n) is 2.00. The Bertz CT molecular complexity index is 789. The molecule has 136 valence electrons. The highest BCUT2D eigenvalue weighted by molar-refractivity contribution is 6.35. The summed E-state index contributed by atoms with van der Waals surface area (Å²) in [6, 6.07) is 14.5. The highest BCUT2D eigenvalue weighted by Crippen LogP contribution is 2.18. The molecular formula is C19H20ClN3O3. The molecule has 2 aromatic carbocycles. The topological polar surface area (TPSA) is 79.8 Å². The average Bonchev–Trinajstić information content (AvgIpc) is 2.61. The third-order valence-electron chi connectivity index (χ3n) is 3.22. The van der Waals surface area contributed by atoms with Crippen molar-refractivity contribution >= 4 is 29.6 Å². The van der Waals surface area contributed by atoms with Gasteiger partial charge in [-0.15, -0.1) is 0 Å². The maximum absolute atomic E-state index is 11.6. The summed E-state index contributed by atoms with van der Waals surface area (Å²) in [5.74, 6) is -0.953. The van der Waals surface area contributed by atoms with Crippen LogP contribution >= 0.6 is 11.6 Å². The molecule has 0 aliphatic carbocycles. The molecule has 2 N–H and O–H groups in total. The summed E-state index contributed by atoms with van der Waals surface area (Å²) in [7, 11) is 0. The Balaban J connectivity index is 1.96. The molecule has 0 atom stereocenters. The van der Waals surface area contributed by atoms with E-state index in [1.165, 1.54) is 6.21 Å². The number of hydrogen-bond donors (Lipinski definition) is 2. The van der Waals surface area contributed by atoms with Crippen LogP contribution in [0.25, 0.3) is 0 Å². The smallest absolute Gasteiger partial charge is 0.329 e. The first-order chi connectivity index (χ1) is 12.5. The van der Waals surface area contributed by atoms with Crippen LogP contribution in [0.2, 0.25) is 5.02 Å². The number of benzene rings is 2. The van der Waals surface area contributed by atoms with E-state index in [9.17, 15) is 9.59 Å². The first kappa shape index (κ1) is 19.5. The Morgan fingerprint density at radius 1 is 1.12 bits per heavy atom. The van der Waals surface area contributed by atoms with Crippen LogP contribution in [-0.2, 0) is 16.2 Å². The summed E-state index contributed by atoms with van der Waals surface area (Å²) >= 11 is 5.87. The van der Waals surface area contributed by atoms with E-state index >= 15 is 0 Å². The summed E-state index contributed by atoms with van der Waals surface area (Å²) < 4.78 is 5.79. The number of carbonyl (C=O) groups excluding carboxylic acids is 2. The third kappa shape index (κ3) is 6.22. The van der Waals surface area contributed by atoms with Gasteiger partial charge in [0.1, 0.15) is 12.4 Å². The van der Waals surface area contributed by atoms with Crippen molar-refractivity contribution < 1.29 is 14.3 Å². The molecule has 2 aromatic rings. The number of amides is 2. The van der Waals surface area contributed by atoms with Crippen LogP contribution in [0.1, 0.15) is 25.0 Å². The molecule has 0 radical (unpaired) electrons. The van der Waals surface area contributed by atoms with Gasteiger partial charge in [-0.3, -0.25) is 9.59 Å². The van der Waals surface area contributed by atoms with Crippen LogP contribution in [0.15, 0.2) is 53.6 Å². The lowest BCUT2D eigenvalue weighted by Gasteiger charge is -2.09. The van der Waals surface area contributed by atoms with Crippen molar-refractivity contribution in [1.82, 2.24) is 10.7 Å². The highest BCUT2D eigenvalue weighted by atomic mass is 35.5. The maximum Gasteiger partial charge on any atom is 0.329 e. The van der Waals surface area contributed by atoms with Crippen LogP contribution < -0.4 is 15.5 Å². The molecule has 0 spiro atoms. The highest BCUT2D eigenvalue weighted by Gasteiger charge is 2.13. The summed E-state index contributed by atoms with van der Waals surface area (Å²) in [6.45, 7) is 3.90. The van der Waals surface area contributed by atoms with Crippen molar-refractivity contribution in [3.63, 3.8) is 0 Å². The molecule has 2 amide bonds. The van der Waals surface area contributed by atoms with E-state index < -0.39 is 11.8 Å². The van der Waals surface area contributed by atoms with Gasteiger partial charge in [-0.1, -0.05) is 35.9 Å². The number of hydrogen-bond acceptors (Lipinski definition) is 4. The van der Waals surface area contributed by atoms with Crippen molar-refractivity contribution in [3.8, 4) is 5.75 Å². The molecule has 2 rings (SSSR count). The van der Waals surface area contributed by atoms with Crippen LogP contribution in [0.3, 0.4) is 0 Å². The molecule has 0 bridgehead atoms. The van der Waals surface area contributed by atoms with Crippen molar-refractivity contribution in [1.29, 1.82) is 0 Å². The largest absolute Gasteiger partial charge is 0.488 e. The van der Waals surface area contributed by atoms with Gasteiger partial charge in [-0.2, -0.15) is 5.10 Å². The lowest BCUT2D eigenvalue weighted by Crippen LogP contribution is -2.41. The molecule has 0 saturated carbocycles. The summed E-state index contributed by atoms with van der Waals surface area (Å²) in [4.78, 5) is 23.1. The number of halogens is 1. The average molecular weight is 374 g/mol. The molecule has 0 saturated heterocycles. The van der Waals surface area contributed by atoms with E-state index in [0.29, 0.717) is 22.9 Å². The molecule has 0 unspecified atom stereocenters. The lowest BCUT2D eigenvalue weighted by molar-refractivity contribution is -0.139. The Hall–Kier alpha value is -2.86. The number of hydrazone groups is 1. The quantitative estimate of drug-likeness (QED) is 0.464. The monoisotopic (exact) mass is 373 g/mol. The summed E-state index contributed by atoms with van der Waals surface area (Å²) in [6.07, 6.45) is 1.43. The van der Waals surface area contributed by atoms with E-state index in [-0.39, 0.29) is 6.04 Å². The molecule has 6 nitrogen and oxygen atoms in total. The van der Waals surface area contributed by atoms with E-state index in [0.717, 1.165) is 5.56 Å². The second-order valence-electron chi connectivity index (χ2n) is 5.78. The number of rotatable bonds is 6. The molecule has 0 heterocycles. The van der Waals surface area contributed by atoms with Crippen molar-refractivity contribution in [3.05, 3.63) is 64.7 Å². The minimum atomic E-state index is -0.825. The predicted molar refractivity (Wildman–Crippen MR) is 101 cm³/mol. The SMILES string of the molecule is CC(C)NC(=O)C(=O)N/N=C\c1ccccc1OCc1ccc(Cl)cc1. The maximum atomic E-state index is 11.6. The Morgan fingerprint density at radius 3 is 2.50 bits per heavy atom. The number of nitrogens with one attached hydrogen (secondary N) is 2.